The second-order valence-corrected chi connectivity index (χ2v) is 7.01. The van der Waals surface area contributed by atoms with Crippen molar-refractivity contribution < 1.29 is 4.74 Å². The van der Waals surface area contributed by atoms with E-state index in [2.05, 4.69) is 48.2 Å². The molecular formula is C17H36N4O. The van der Waals surface area contributed by atoms with Crippen LogP contribution in [0, 0.1) is 5.92 Å². The lowest BCUT2D eigenvalue weighted by molar-refractivity contribution is 0.0310. The van der Waals surface area contributed by atoms with Gasteiger partial charge in [0.25, 0.3) is 0 Å². The zero-order valence-electron chi connectivity index (χ0n) is 15.2. The Balaban J connectivity index is 2.37. The number of ether oxygens (including phenoxy) is 1. The van der Waals surface area contributed by atoms with Crippen molar-refractivity contribution in [3.8, 4) is 0 Å². The molecule has 5 nitrogen and oxygen atoms in total. The van der Waals surface area contributed by atoms with Crippen LogP contribution in [-0.2, 0) is 4.74 Å². The molecule has 1 aliphatic heterocycles. The maximum absolute atomic E-state index is 5.42. The molecule has 0 saturated carbocycles. The lowest BCUT2D eigenvalue weighted by atomic mass is 10.1. The highest BCUT2D eigenvalue weighted by Gasteiger charge is 2.16. The van der Waals surface area contributed by atoms with Crippen molar-refractivity contribution in [3.63, 3.8) is 0 Å². The number of nitrogens with zero attached hydrogens (tertiary/aromatic N) is 2. The summed E-state index contributed by atoms with van der Waals surface area (Å²) in [4.78, 5) is 7.22. The minimum atomic E-state index is -0.220. The van der Waals surface area contributed by atoms with Gasteiger partial charge < -0.3 is 20.3 Å². The van der Waals surface area contributed by atoms with E-state index in [-0.39, 0.29) is 5.60 Å². The summed E-state index contributed by atoms with van der Waals surface area (Å²) in [5.41, 5.74) is -0.220. The highest BCUT2D eigenvalue weighted by atomic mass is 16.5. The Labute approximate surface area is 136 Å². The van der Waals surface area contributed by atoms with Gasteiger partial charge in [-0.3, -0.25) is 4.99 Å². The molecule has 0 aliphatic carbocycles. The predicted molar refractivity (Wildman–Crippen MR) is 94.5 cm³/mol. The van der Waals surface area contributed by atoms with E-state index in [0.29, 0.717) is 12.5 Å². The Hall–Kier alpha value is -0.810. The third-order valence-electron chi connectivity index (χ3n) is 4.15. The minimum absolute atomic E-state index is 0.220. The summed E-state index contributed by atoms with van der Waals surface area (Å²) in [6.45, 7) is 14.7. The largest absolute Gasteiger partial charge is 0.377 e. The molecule has 1 unspecified atom stereocenters. The number of methoxy groups -OCH3 is 1. The number of piperidine rings is 1. The monoisotopic (exact) mass is 312 g/mol. The van der Waals surface area contributed by atoms with Crippen molar-refractivity contribution in [2.45, 2.75) is 52.6 Å². The standard InChI is InChI=1S/C17H36N4O/c1-6-18-16(20-14-17(3,4)22-5)19-12-15(2)13-21-10-8-7-9-11-21/h15H,6-14H2,1-5H3,(H2,18,19,20). The summed E-state index contributed by atoms with van der Waals surface area (Å²) in [5, 5.41) is 6.77. The molecule has 0 radical (unpaired) electrons. The molecule has 1 rings (SSSR count). The van der Waals surface area contributed by atoms with Gasteiger partial charge in [-0.15, -0.1) is 0 Å². The number of aliphatic imine (C=N–C) groups is 1. The van der Waals surface area contributed by atoms with Crippen molar-refractivity contribution in [2.24, 2.45) is 10.9 Å². The third-order valence-corrected chi connectivity index (χ3v) is 4.15. The summed E-state index contributed by atoms with van der Waals surface area (Å²) in [6.07, 6.45) is 4.11. The van der Waals surface area contributed by atoms with Crippen LogP contribution in [0.3, 0.4) is 0 Å². The summed E-state index contributed by atoms with van der Waals surface area (Å²) in [7, 11) is 1.73. The predicted octanol–water partition coefficient (Wildman–Crippen LogP) is 2.09. The van der Waals surface area contributed by atoms with E-state index in [0.717, 1.165) is 19.0 Å². The van der Waals surface area contributed by atoms with E-state index >= 15 is 0 Å². The molecule has 22 heavy (non-hydrogen) atoms. The first-order chi connectivity index (χ1) is 10.5. The molecule has 1 fully saturated rings. The van der Waals surface area contributed by atoms with E-state index in [1.54, 1.807) is 7.11 Å². The van der Waals surface area contributed by atoms with Gasteiger partial charge in [0.1, 0.15) is 0 Å². The van der Waals surface area contributed by atoms with Gasteiger partial charge in [0.15, 0.2) is 5.96 Å². The summed E-state index contributed by atoms with van der Waals surface area (Å²) in [6, 6.07) is 0. The summed E-state index contributed by atoms with van der Waals surface area (Å²) in [5.74, 6) is 1.51. The fraction of sp³-hybridized carbons (Fsp3) is 0.941. The van der Waals surface area contributed by atoms with Gasteiger partial charge in [-0.2, -0.15) is 0 Å². The lowest BCUT2D eigenvalue weighted by Gasteiger charge is -2.29. The Bertz CT molecular complexity index is 325. The zero-order chi connectivity index (χ0) is 16.4. The molecule has 0 amide bonds. The van der Waals surface area contributed by atoms with Gasteiger partial charge in [0, 0.05) is 26.7 Å². The molecular weight excluding hydrogens is 276 g/mol. The summed E-state index contributed by atoms with van der Waals surface area (Å²) >= 11 is 0. The topological polar surface area (TPSA) is 48.9 Å². The van der Waals surface area contributed by atoms with Gasteiger partial charge in [0.2, 0.25) is 0 Å². The van der Waals surface area contributed by atoms with Crippen LogP contribution in [0.15, 0.2) is 4.99 Å². The van der Waals surface area contributed by atoms with E-state index in [1.807, 2.05) is 0 Å². The molecule has 0 bridgehead atoms. The van der Waals surface area contributed by atoms with Gasteiger partial charge in [-0.25, -0.2) is 0 Å². The van der Waals surface area contributed by atoms with Crippen LogP contribution in [0.4, 0.5) is 0 Å². The number of likely N-dealkylation sites (tertiary alicyclic amines) is 1. The van der Waals surface area contributed by atoms with Crippen LogP contribution in [0.25, 0.3) is 0 Å². The zero-order valence-corrected chi connectivity index (χ0v) is 15.2. The number of nitrogens with one attached hydrogen (secondary N) is 2. The van der Waals surface area contributed by atoms with Crippen LogP contribution >= 0.6 is 0 Å². The number of hydrogen-bond acceptors (Lipinski definition) is 3. The van der Waals surface area contributed by atoms with Crippen LogP contribution in [-0.4, -0.2) is 62.8 Å². The second-order valence-electron chi connectivity index (χ2n) is 7.01. The van der Waals surface area contributed by atoms with Crippen molar-refractivity contribution in [2.75, 3.05) is 46.4 Å². The number of hydrogen-bond donors (Lipinski definition) is 2. The lowest BCUT2D eigenvalue weighted by Crippen LogP contribution is -2.43. The first kappa shape index (κ1) is 19.2. The maximum Gasteiger partial charge on any atom is 0.191 e. The fourth-order valence-corrected chi connectivity index (χ4v) is 2.59. The van der Waals surface area contributed by atoms with E-state index < -0.39 is 0 Å². The Morgan fingerprint density at radius 1 is 1.23 bits per heavy atom. The molecule has 130 valence electrons. The van der Waals surface area contributed by atoms with Crippen LogP contribution in [0.2, 0.25) is 0 Å². The molecule has 0 aromatic heterocycles. The second kappa shape index (κ2) is 10.1. The normalized spacial score (nSPS) is 19.0. The van der Waals surface area contributed by atoms with Crippen LogP contribution in [0.1, 0.15) is 47.0 Å². The maximum atomic E-state index is 5.42. The Morgan fingerprint density at radius 2 is 1.91 bits per heavy atom. The molecule has 1 atom stereocenters. The van der Waals surface area contributed by atoms with E-state index in [4.69, 9.17) is 4.74 Å². The summed E-state index contributed by atoms with van der Waals surface area (Å²) < 4.78 is 5.42. The third kappa shape index (κ3) is 7.99. The van der Waals surface area contributed by atoms with Gasteiger partial charge in [-0.1, -0.05) is 13.3 Å². The van der Waals surface area contributed by atoms with E-state index in [1.165, 1.54) is 38.9 Å². The molecule has 1 aliphatic rings. The van der Waals surface area contributed by atoms with Crippen LogP contribution in [0.5, 0.6) is 0 Å². The van der Waals surface area contributed by atoms with Gasteiger partial charge in [-0.05, 0) is 52.6 Å². The van der Waals surface area contributed by atoms with E-state index in [9.17, 15) is 0 Å². The molecule has 0 spiro atoms. The van der Waals surface area contributed by atoms with Crippen LogP contribution < -0.4 is 10.6 Å². The minimum Gasteiger partial charge on any atom is -0.377 e. The van der Waals surface area contributed by atoms with Gasteiger partial charge in [0.05, 0.1) is 12.1 Å². The number of rotatable bonds is 8. The highest BCUT2D eigenvalue weighted by molar-refractivity contribution is 5.79. The first-order valence-corrected chi connectivity index (χ1v) is 8.76. The molecule has 1 saturated heterocycles. The quantitative estimate of drug-likeness (QED) is 0.532. The molecule has 1 heterocycles. The highest BCUT2D eigenvalue weighted by Crippen LogP contribution is 2.10. The molecule has 0 aromatic carbocycles. The van der Waals surface area contributed by atoms with Crippen molar-refractivity contribution >= 4 is 5.96 Å². The molecule has 0 aromatic rings. The average Bonchev–Trinajstić information content (AvgIpc) is 2.51. The SMILES string of the molecule is CCNC(=NCC(C)(C)OC)NCC(C)CN1CCCCC1. The Morgan fingerprint density at radius 3 is 2.50 bits per heavy atom. The van der Waals surface area contributed by atoms with Crippen molar-refractivity contribution in [1.29, 1.82) is 0 Å². The average molecular weight is 313 g/mol. The van der Waals surface area contributed by atoms with Crippen molar-refractivity contribution in [3.05, 3.63) is 0 Å². The van der Waals surface area contributed by atoms with Crippen molar-refractivity contribution in [1.82, 2.24) is 15.5 Å². The molecule has 5 heteroatoms. The van der Waals surface area contributed by atoms with Gasteiger partial charge >= 0.3 is 0 Å². The molecule has 2 N–H and O–H groups in total. The fourth-order valence-electron chi connectivity index (χ4n) is 2.59. The first-order valence-electron chi connectivity index (χ1n) is 8.76. The smallest absolute Gasteiger partial charge is 0.191 e. The number of guanidine groups is 1. The Kier molecular flexibility index (Phi) is 8.79.